The number of H-pyrrole nitrogens is 2. The first-order valence-corrected chi connectivity index (χ1v) is 10.7. The van der Waals surface area contributed by atoms with Crippen LogP contribution < -0.4 is 31.2 Å². The van der Waals surface area contributed by atoms with E-state index in [0.29, 0.717) is 22.2 Å². The lowest BCUT2D eigenvalue weighted by atomic mass is 10.1. The van der Waals surface area contributed by atoms with Crippen molar-refractivity contribution in [2.75, 3.05) is 12.1 Å². The summed E-state index contributed by atoms with van der Waals surface area (Å²) < 4.78 is 12.6. The first-order valence-electron chi connectivity index (χ1n) is 10.7. The van der Waals surface area contributed by atoms with Crippen molar-refractivity contribution in [2.45, 2.75) is 31.8 Å². The third-order valence-corrected chi connectivity index (χ3v) is 5.64. The smallest absolute Gasteiger partial charge is 0.326 e. The number of aromatic hydroxyl groups is 1. The zero-order chi connectivity index (χ0) is 22.5. The van der Waals surface area contributed by atoms with Crippen LogP contribution in [-0.2, 0) is 0 Å². The number of hydrogen-bond acceptors (Lipinski definition) is 8. The highest BCUT2D eigenvalue weighted by Gasteiger charge is 2.21. The van der Waals surface area contributed by atoms with E-state index in [-0.39, 0.29) is 30.5 Å². The Balaban J connectivity index is 1.42. The summed E-state index contributed by atoms with van der Waals surface area (Å²) in [6.45, 7) is 2.26. The molecule has 1 aliphatic carbocycles. The standard InChI is InChI=1S/C22H21N7O4/c1-11(12-2-5-16-17(7-12)33-10-32-16)24-18-8-19(25-14-3-4-14)29-20(27-18)13(9-23-29)6-15-21(30)28-22(31)26-15/h2,5-9,11,14,24,30H,3-4,10H2,1H3,(H2,26,28,31)/b13-6-,25-19?. The van der Waals surface area contributed by atoms with Gasteiger partial charge in [-0.1, -0.05) is 6.07 Å². The maximum atomic E-state index is 11.5. The van der Waals surface area contributed by atoms with Gasteiger partial charge >= 0.3 is 5.69 Å². The molecule has 1 atom stereocenters. The fraction of sp³-hybridized carbons (Fsp3) is 0.273. The van der Waals surface area contributed by atoms with Gasteiger partial charge in [0.05, 0.1) is 18.3 Å². The number of hydrogen-bond donors (Lipinski definition) is 4. The molecule has 0 saturated heterocycles. The van der Waals surface area contributed by atoms with Crippen molar-refractivity contribution < 1.29 is 14.6 Å². The molecule has 1 aromatic carbocycles. The summed E-state index contributed by atoms with van der Waals surface area (Å²) in [4.78, 5) is 25.9. The van der Waals surface area contributed by atoms with Crippen molar-refractivity contribution in [3.8, 4) is 17.4 Å². The second-order valence-corrected chi connectivity index (χ2v) is 8.16. The molecule has 4 N–H and O–H groups in total. The van der Waals surface area contributed by atoms with E-state index in [4.69, 9.17) is 19.5 Å². The number of ether oxygens (including phenoxy) is 2. The predicted molar refractivity (Wildman–Crippen MR) is 118 cm³/mol. The second kappa shape index (κ2) is 7.40. The Hall–Kier alpha value is -4.28. The summed E-state index contributed by atoms with van der Waals surface area (Å²) in [5, 5.41) is 18.4. The number of rotatable bonds is 5. The van der Waals surface area contributed by atoms with Crippen molar-refractivity contribution in [1.82, 2.24) is 24.6 Å². The molecule has 0 radical (unpaired) electrons. The molecule has 4 aromatic rings. The Kier molecular flexibility index (Phi) is 4.35. The van der Waals surface area contributed by atoms with Gasteiger partial charge in [0.25, 0.3) is 0 Å². The lowest BCUT2D eigenvalue weighted by Gasteiger charge is -2.15. The van der Waals surface area contributed by atoms with E-state index >= 15 is 0 Å². The minimum atomic E-state index is -0.493. The molecule has 11 nitrogen and oxygen atoms in total. The van der Waals surface area contributed by atoms with Gasteiger partial charge in [-0.05, 0) is 43.5 Å². The van der Waals surface area contributed by atoms with Crippen molar-refractivity contribution in [3.05, 3.63) is 62.9 Å². The highest BCUT2D eigenvalue weighted by atomic mass is 16.7. The number of fused-ring (bicyclic) bond motifs is 2. The summed E-state index contributed by atoms with van der Waals surface area (Å²) >= 11 is 0. The van der Waals surface area contributed by atoms with Gasteiger partial charge in [0, 0.05) is 11.3 Å². The van der Waals surface area contributed by atoms with Gasteiger partial charge in [0.1, 0.15) is 11.5 Å². The molecule has 11 heteroatoms. The molecule has 1 unspecified atom stereocenters. The normalized spacial score (nSPS) is 17.1. The Morgan fingerprint density at radius 2 is 2.12 bits per heavy atom. The number of nitrogens with one attached hydrogen (secondary N) is 3. The zero-order valence-electron chi connectivity index (χ0n) is 17.7. The highest BCUT2D eigenvalue weighted by molar-refractivity contribution is 5.58. The van der Waals surface area contributed by atoms with E-state index in [0.717, 1.165) is 29.9 Å². The first-order chi connectivity index (χ1) is 16.0. The van der Waals surface area contributed by atoms with Crippen LogP contribution in [0, 0.1) is 0 Å². The Morgan fingerprint density at radius 1 is 1.27 bits per heavy atom. The van der Waals surface area contributed by atoms with Crippen LogP contribution in [0.15, 0.2) is 40.2 Å². The summed E-state index contributed by atoms with van der Waals surface area (Å²) in [5.74, 6) is 1.85. The summed E-state index contributed by atoms with van der Waals surface area (Å²) in [5.41, 5.74) is 2.03. The van der Waals surface area contributed by atoms with E-state index in [1.165, 1.54) is 0 Å². The topological polar surface area (TPSA) is 142 Å². The molecule has 1 fully saturated rings. The largest absolute Gasteiger partial charge is 0.493 e. The maximum Gasteiger partial charge on any atom is 0.326 e. The molecule has 3 aromatic heterocycles. The fourth-order valence-corrected chi connectivity index (χ4v) is 3.76. The van der Waals surface area contributed by atoms with Gasteiger partial charge in [-0.15, -0.1) is 0 Å². The highest BCUT2D eigenvalue weighted by Crippen LogP contribution is 2.34. The third-order valence-electron chi connectivity index (χ3n) is 5.64. The number of nitrogens with zero attached hydrogens (tertiary/aromatic N) is 4. The lowest BCUT2D eigenvalue weighted by Crippen LogP contribution is -2.21. The number of aromatic nitrogens is 5. The molecule has 4 heterocycles. The van der Waals surface area contributed by atoms with E-state index in [2.05, 4.69) is 20.4 Å². The van der Waals surface area contributed by atoms with Gasteiger partial charge < -0.3 is 24.9 Å². The van der Waals surface area contributed by atoms with Crippen LogP contribution in [0.1, 0.15) is 37.1 Å². The quantitative estimate of drug-likeness (QED) is 0.357. The lowest BCUT2D eigenvalue weighted by molar-refractivity contribution is 0.174. The zero-order valence-corrected chi connectivity index (χ0v) is 17.7. The molecule has 1 aliphatic heterocycles. The fourth-order valence-electron chi connectivity index (χ4n) is 3.76. The Morgan fingerprint density at radius 3 is 2.91 bits per heavy atom. The van der Waals surface area contributed by atoms with E-state index in [9.17, 15) is 9.90 Å². The number of benzene rings is 1. The SMILES string of the molecule is CC(Nc1cc(=NC2CC2)n2nc/c(=C/c3[nH]c(=O)[nH]c3O)c2n1)c1ccc2c(c1)OCO2. The van der Waals surface area contributed by atoms with Gasteiger partial charge in [-0.2, -0.15) is 9.61 Å². The monoisotopic (exact) mass is 447 g/mol. The molecular weight excluding hydrogens is 426 g/mol. The summed E-state index contributed by atoms with van der Waals surface area (Å²) in [6, 6.07) is 7.94. The first kappa shape index (κ1) is 19.4. The Labute approximate surface area is 186 Å². The molecule has 1 saturated carbocycles. The Bertz CT molecular complexity index is 1550. The summed E-state index contributed by atoms with van der Waals surface area (Å²) in [7, 11) is 0. The molecule has 33 heavy (non-hydrogen) atoms. The van der Waals surface area contributed by atoms with Gasteiger partial charge in [0.15, 0.2) is 22.6 Å². The van der Waals surface area contributed by atoms with Crippen LogP contribution in [0.5, 0.6) is 17.4 Å². The maximum absolute atomic E-state index is 11.5. The van der Waals surface area contributed by atoms with E-state index < -0.39 is 5.69 Å². The van der Waals surface area contributed by atoms with Crippen LogP contribution >= 0.6 is 0 Å². The predicted octanol–water partition coefficient (Wildman–Crippen LogP) is 0.964. The van der Waals surface area contributed by atoms with Gasteiger partial charge in [-0.25, -0.2) is 9.78 Å². The van der Waals surface area contributed by atoms with Crippen molar-refractivity contribution in [1.29, 1.82) is 0 Å². The molecule has 6 rings (SSSR count). The van der Waals surface area contributed by atoms with Crippen molar-refractivity contribution in [2.24, 2.45) is 4.99 Å². The minimum absolute atomic E-state index is 0.0661. The minimum Gasteiger partial charge on any atom is -0.493 e. The van der Waals surface area contributed by atoms with Gasteiger partial charge in [0.2, 0.25) is 12.7 Å². The van der Waals surface area contributed by atoms with Crippen molar-refractivity contribution >= 4 is 17.5 Å². The molecule has 168 valence electrons. The summed E-state index contributed by atoms with van der Waals surface area (Å²) in [6.07, 6.45) is 5.36. The number of anilines is 1. The molecular formula is C22H21N7O4. The molecule has 0 spiro atoms. The number of imidazole rings is 1. The average molecular weight is 447 g/mol. The van der Waals surface area contributed by atoms with Gasteiger partial charge in [-0.3, -0.25) is 9.98 Å². The van der Waals surface area contributed by atoms with Crippen LogP contribution in [0.4, 0.5) is 5.82 Å². The average Bonchev–Trinajstić information content (AvgIpc) is 3.18. The number of aromatic amines is 2. The van der Waals surface area contributed by atoms with Crippen molar-refractivity contribution in [3.63, 3.8) is 0 Å². The molecule has 0 amide bonds. The van der Waals surface area contributed by atoms with Crippen LogP contribution in [0.25, 0.3) is 11.7 Å². The van der Waals surface area contributed by atoms with E-state index in [1.54, 1.807) is 16.8 Å². The van der Waals surface area contributed by atoms with Crippen LogP contribution in [0.2, 0.25) is 0 Å². The molecule has 0 bridgehead atoms. The third kappa shape index (κ3) is 3.67. The van der Waals surface area contributed by atoms with E-state index in [1.807, 2.05) is 31.2 Å². The van der Waals surface area contributed by atoms with Crippen LogP contribution in [0.3, 0.4) is 0 Å². The molecule has 2 aliphatic rings. The second-order valence-electron chi connectivity index (χ2n) is 8.16. The van der Waals surface area contributed by atoms with Crippen LogP contribution in [-0.4, -0.2) is 42.5 Å².